The van der Waals surface area contributed by atoms with Gasteiger partial charge in [0, 0.05) is 5.56 Å². The van der Waals surface area contributed by atoms with Crippen LogP contribution in [0.2, 0.25) is 0 Å². The lowest BCUT2D eigenvalue weighted by Gasteiger charge is -2.26. The van der Waals surface area contributed by atoms with E-state index in [-0.39, 0.29) is 11.5 Å². The molecule has 1 N–H and O–H groups in total. The first-order chi connectivity index (χ1) is 11.0. The maximum atomic E-state index is 13.3. The highest BCUT2D eigenvalue weighted by Crippen LogP contribution is 2.44. The average Bonchev–Trinajstić information content (AvgIpc) is 2.93. The molecule has 1 unspecified atom stereocenters. The van der Waals surface area contributed by atoms with Crippen molar-refractivity contribution >= 4 is 11.8 Å². The van der Waals surface area contributed by atoms with Gasteiger partial charge in [-0.05, 0) is 48.6 Å². The van der Waals surface area contributed by atoms with E-state index in [9.17, 15) is 14.7 Å². The second-order valence-electron chi connectivity index (χ2n) is 5.88. The van der Waals surface area contributed by atoms with Crippen molar-refractivity contribution in [2.24, 2.45) is 0 Å². The Morgan fingerprint density at radius 3 is 2.61 bits per heavy atom. The lowest BCUT2D eigenvalue weighted by molar-refractivity contribution is -0.145. The van der Waals surface area contributed by atoms with E-state index in [0.717, 1.165) is 11.1 Å². The van der Waals surface area contributed by atoms with Crippen molar-refractivity contribution < 1.29 is 19.4 Å². The largest absolute Gasteiger partial charge is 0.508 e. The lowest BCUT2D eigenvalue weighted by Crippen LogP contribution is -2.43. The molecule has 0 spiro atoms. The molecule has 0 saturated carbocycles. The molecule has 4 heteroatoms. The van der Waals surface area contributed by atoms with Crippen LogP contribution in [-0.2, 0) is 21.4 Å². The molecule has 0 amide bonds. The first-order valence-corrected chi connectivity index (χ1v) is 7.52. The number of phenolic OH excluding ortho intramolecular Hbond substituents is 1. The molecule has 1 aliphatic carbocycles. The quantitative estimate of drug-likeness (QED) is 0.538. The number of rotatable bonds is 3. The number of phenols is 1. The van der Waals surface area contributed by atoms with Crippen LogP contribution >= 0.6 is 0 Å². The van der Waals surface area contributed by atoms with Crippen molar-refractivity contribution in [2.45, 2.75) is 25.2 Å². The van der Waals surface area contributed by atoms with Crippen LogP contribution < -0.4 is 0 Å². The molecule has 1 aliphatic rings. The molecular weight excluding hydrogens is 292 g/mol. The van der Waals surface area contributed by atoms with Gasteiger partial charge in [0.1, 0.15) is 5.75 Å². The van der Waals surface area contributed by atoms with Crippen LogP contribution in [0.25, 0.3) is 0 Å². The molecule has 0 radical (unpaired) electrons. The Morgan fingerprint density at radius 2 is 1.91 bits per heavy atom. The Bertz CT molecular complexity index is 794. The van der Waals surface area contributed by atoms with E-state index in [1.54, 1.807) is 24.3 Å². The highest BCUT2D eigenvalue weighted by Gasteiger charge is 2.53. The summed E-state index contributed by atoms with van der Waals surface area (Å²) >= 11 is 0. The van der Waals surface area contributed by atoms with Gasteiger partial charge in [0.15, 0.2) is 11.2 Å². The van der Waals surface area contributed by atoms with Gasteiger partial charge in [-0.25, -0.2) is 0 Å². The van der Waals surface area contributed by atoms with Gasteiger partial charge in [0.2, 0.25) is 0 Å². The molecule has 4 nitrogen and oxygen atoms in total. The minimum atomic E-state index is -1.38. The molecule has 0 aromatic heterocycles. The summed E-state index contributed by atoms with van der Waals surface area (Å²) in [6.07, 6.45) is 0.952. The van der Waals surface area contributed by atoms with Crippen LogP contribution in [0.4, 0.5) is 0 Å². The van der Waals surface area contributed by atoms with E-state index in [1.807, 2.05) is 19.1 Å². The number of Topliss-reactive ketones (excluding diaryl/α,β-unsaturated/α-hetero) is 1. The predicted octanol–water partition coefficient (Wildman–Crippen LogP) is 2.94. The van der Waals surface area contributed by atoms with E-state index in [2.05, 4.69) is 0 Å². The van der Waals surface area contributed by atoms with E-state index in [1.165, 1.54) is 13.2 Å². The molecule has 0 heterocycles. The summed E-state index contributed by atoms with van der Waals surface area (Å²) in [5.74, 6) is -0.807. The van der Waals surface area contributed by atoms with Gasteiger partial charge in [0.25, 0.3) is 0 Å². The second kappa shape index (κ2) is 5.54. The number of methoxy groups -OCH3 is 1. The molecular formula is C19H18O4. The number of aromatic hydroxyl groups is 1. The number of carbonyl (C=O) groups excluding carboxylic acids is 2. The highest BCUT2D eigenvalue weighted by molar-refractivity contribution is 6.18. The number of benzene rings is 2. The third kappa shape index (κ3) is 2.22. The average molecular weight is 310 g/mol. The zero-order chi connectivity index (χ0) is 16.6. The van der Waals surface area contributed by atoms with Crippen molar-refractivity contribution in [3.63, 3.8) is 0 Å². The van der Waals surface area contributed by atoms with E-state index < -0.39 is 11.4 Å². The Labute approximate surface area is 134 Å². The second-order valence-corrected chi connectivity index (χ2v) is 5.88. The fourth-order valence-electron chi connectivity index (χ4n) is 3.41. The van der Waals surface area contributed by atoms with E-state index in [0.29, 0.717) is 24.0 Å². The summed E-state index contributed by atoms with van der Waals surface area (Å²) in [6, 6.07) is 12.1. The number of carbonyl (C=O) groups is 2. The normalized spacial score (nSPS) is 19.2. The molecule has 0 saturated heterocycles. The Morgan fingerprint density at radius 1 is 1.17 bits per heavy atom. The fourth-order valence-corrected chi connectivity index (χ4v) is 3.41. The number of fused-ring (bicyclic) bond motifs is 1. The Balaban J connectivity index is 2.22. The fraction of sp³-hybridized carbons (Fsp3) is 0.263. The number of aryl methyl sites for hydroxylation is 2. The minimum Gasteiger partial charge on any atom is -0.508 e. The first kappa shape index (κ1) is 15.3. The summed E-state index contributed by atoms with van der Waals surface area (Å²) in [5, 5.41) is 9.83. The van der Waals surface area contributed by atoms with Gasteiger partial charge in [-0.3, -0.25) is 9.59 Å². The van der Waals surface area contributed by atoms with E-state index >= 15 is 0 Å². The maximum absolute atomic E-state index is 13.3. The van der Waals surface area contributed by atoms with E-state index in [4.69, 9.17) is 4.74 Å². The molecule has 0 fully saturated rings. The summed E-state index contributed by atoms with van der Waals surface area (Å²) in [4.78, 5) is 25.9. The van der Waals surface area contributed by atoms with Gasteiger partial charge in [-0.15, -0.1) is 0 Å². The van der Waals surface area contributed by atoms with Crippen LogP contribution in [0.1, 0.15) is 33.5 Å². The Hall–Kier alpha value is -2.62. The molecule has 3 rings (SSSR count). The van der Waals surface area contributed by atoms with Crippen LogP contribution in [0.15, 0.2) is 42.5 Å². The number of ketones is 1. The van der Waals surface area contributed by atoms with Crippen LogP contribution in [0.3, 0.4) is 0 Å². The van der Waals surface area contributed by atoms with Crippen LogP contribution in [-0.4, -0.2) is 24.0 Å². The van der Waals surface area contributed by atoms with Crippen LogP contribution in [0.5, 0.6) is 5.75 Å². The SMILES string of the molecule is COC(=O)C1(C(=O)c2ccccc2C)CCc2ccc(O)cc21. The molecule has 118 valence electrons. The molecule has 2 aromatic rings. The molecule has 1 atom stereocenters. The smallest absolute Gasteiger partial charge is 0.324 e. The van der Waals surface area contributed by atoms with Crippen molar-refractivity contribution in [3.8, 4) is 5.75 Å². The predicted molar refractivity (Wildman–Crippen MR) is 85.6 cm³/mol. The van der Waals surface area contributed by atoms with Crippen molar-refractivity contribution in [2.75, 3.05) is 7.11 Å². The number of hydrogen-bond donors (Lipinski definition) is 1. The molecule has 23 heavy (non-hydrogen) atoms. The number of hydrogen-bond acceptors (Lipinski definition) is 4. The molecule has 0 aliphatic heterocycles. The van der Waals surface area contributed by atoms with Crippen molar-refractivity contribution in [1.29, 1.82) is 0 Å². The van der Waals surface area contributed by atoms with Crippen molar-refractivity contribution in [1.82, 2.24) is 0 Å². The Kier molecular flexibility index (Phi) is 3.68. The van der Waals surface area contributed by atoms with Gasteiger partial charge in [0.05, 0.1) is 7.11 Å². The van der Waals surface area contributed by atoms with Gasteiger partial charge in [-0.1, -0.05) is 30.3 Å². The monoisotopic (exact) mass is 310 g/mol. The molecule has 2 aromatic carbocycles. The van der Waals surface area contributed by atoms with Gasteiger partial charge in [-0.2, -0.15) is 0 Å². The molecule has 0 bridgehead atoms. The first-order valence-electron chi connectivity index (χ1n) is 7.52. The topological polar surface area (TPSA) is 63.6 Å². The zero-order valence-electron chi connectivity index (χ0n) is 13.1. The minimum absolute atomic E-state index is 0.0384. The van der Waals surface area contributed by atoms with Gasteiger partial charge >= 0.3 is 5.97 Å². The zero-order valence-corrected chi connectivity index (χ0v) is 13.1. The van der Waals surface area contributed by atoms with Crippen LogP contribution in [0, 0.1) is 6.92 Å². The lowest BCUT2D eigenvalue weighted by atomic mass is 9.74. The van der Waals surface area contributed by atoms with Crippen molar-refractivity contribution in [3.05, 3.63) is 64.7 Å². The maximum Gasteiger partial charge on any atom is 0.324 e. The summed E-state index contributed by atoms with van der Waals surface area (Å²) in [5.41, 5.74) is 1.39. The summed E-state index contributed by atoms with van der Waals surface area (Å²) in [7, 11) is 1.29. The number of esters is 1. The highest BCUT2D eigenvalue weighted by atomic mass is 16.5. The third-order valence-corrected chi connectivity index (χ3v) is 4.63. The third-order valence-electron chi connectivity index (χ3n) is 4.63. The standard InChI is InChI=1S/C19H18O4/c1-12-5-3-4-6-15(12)17(21)19(18(22)23-2)10-9-13-7-8-14(20)11-16(13)19/h3-8,11,20H,9-10H2,1-2H3. The summed E-state index contributed by atoms with van der Waals surface area (Å²) in [6.45, 7) is 1.84. The number of ether oxygens (including phenoxy) is 1. The summed E-state index contributed by atoms with van der Waals surface area (Å²) < 4.78 is 4.98. The van der Waals surface area contributed by atoms with Gasteiger partial charge < -0.3 is 9.84 Å².